The van der Waals surface area contributed by atoms with Gasteiger partial charge >= 0.3 is 5.97 Å². The minimum Gasteiger partial charge on any atom is -0.481 e. The van der Waals surface area contributed by atoms with E-state index in [4.69, 9.17) is 0 Å². The van der Waals surface area contributed by atoms with Crippen LogP contribution in [-0.4, -0.2) is 15.6 Å². The van der Waals surface area contributed by atoms with Crippen LogP contribution in [0.2, 0.25) is 0 Å². The molecule has 1 heterocycles. The van der Waals surface area contributed by atoms with Crippen LogP contribution in [0.5, 0.6) is 0 Å². The lowest BCUT2D eigenvalue weighted by Gasteiger charge is -2.07. The molecule has 1 aromatic heterocycles. The van der Waals surface area contributed by atoms with Crippen LogP contribution >= 0.6 is 0 Å². The number of hydrogen-bond acceptors (Lipinski definition) is 1. The monoisotopic (exact) mass is 215 g/mol. The summed E-state index contributed by atoms with van der Waals surface area (Å²) in [6.45, 7) is 0. The van der Waals surface area contributed by atoms with Crippen LogP contribution in [0.15, 0.2) is 30.5 Å². The van der Waals surface area contributed by atoms with Crippen molar-refractivity contribution in [1.82, 2.24) is 4.57 Å². The summed E-state index contributed by atoms with van der Waals surface area (Å²) in [4.78, 5) is 11.3. The first-order chi connectivity index (χ1) is 7.65. The Hall–Kier alpha value is -1.77. The summed E-state index contributed by atoms with van der Waals surface area (Å²) in [5.41, 5.74) is 1.46. The molecule has 1 fully saturated rings. The highest BCUT2D eigenvalue weighted by Gasteiger charge is 2.53. The van der Waals surface area contributed by atoms with Crippen molar-refractivity contribution in [3.05, 3.63) is 36.0 Å². The Balaban J connectivity index is 2.29. The molecule has 0 atom stereocenters. The van der Waals surface area contributed by atoms with Gasteiger partial charge in [-0.3, -0.25) is 4.79 Å². The number of fused-ring (bicyclic) bond motifs is 1. The highest BCUT2D eigenvalue weighted by atomic mass is 16.4. The zero-order chi connectivity index (χ0) is 11.3. The molecule has 0 radical (unpaired) electrons. The van der Waals surface area contributed by atoms with E-state index in [9.17, 15) is 9.90 Å². The van der Waals surface area contributed by atoms with E-state index in [0.29, 0.717) is 0 Å². The number of aryl methyl sites for hydroxylation is 1. The molecule has 1 aliphatic carbocycles. The number of carboxylic acids is 1. The number of carboxylic acid groups (broad SMARTS) is 1. The molecule has 1 saturated carbocycles. The molecular weight excluding hydrogens is 202 g/mol. The summed E-state index contributed by atoms with van der Waals surface area (Å²) in [7, 11) is 1.96. The van der Waals surface area contributed by atoms with Gasteiger partial charge in [-0.2, -0.15) is 0 Å². The van der Waals surface area contributed by atoms with Crippen molar-refractivity contribution < 1.29 is 9.90 Å². The second-order valence-corrected chi connectivity index (χ2v) is 4.56. The fourth-order valence-corrected chi connectivity index (χ4v) is 2.45. The van der Waals surface area contributed by atoms with Gasteiger partial charge in [0.25, 0.3) is 0 Å². The molecule has 82 valence electrons. The summed E-state index contributed by atoms with van der Waals surface area (Å²) in [6.07, 6.45) is 3.48. The Labute approximate surface area is 93.3 Å². The maximum atomic E-state index is 11.3. The number of hydrogen-bond donors (Lipinski definition) is 1. The van der Waals surface area contributed by atoms with Crippen LogP contribution in [-0.2, 0) is 17.3 Å². The van der Waals surface area contributed by atoms with Crippen LogP contribution in [0.4, 0.5) is 0 Å². The first-order valence-corrected chi connectivity index (χ1v) is 5.43. The number of aliphatic carboxylic acids is 1. The minimum atomic E-state index is -0.691. The highest BCUT2D eigenvalue weighted by molar-refractivity contribution is 5.94. The first-order valence-electron chi connectivity index (χ1n) is 5.43. The van der Waals surface area contributed by atoms with E-state index >= 15 is 0 Å². The number of benzene rings is 1. The third-order valence-corrected chi connectivity index (χ3v) is 3.57. The lowest BCUT2D eigenvalue weighted by molar-refractivity contribution is -0.140. The molecule has 0 aliphatic heterocycles. The normalized spacial score (nSPS) is 17.6. The molecule has 3 rings (SSSR count). The molecule has 0 saturated heterocycles. The van der Waals surface area contributed by atoms with Crippen molar-refractivity contribution in [3.63, 3.8) is 0 Å². The van der Waals surface area contributed by atoms with Gasteiger partial charge in [-0.15, -0.1) is 0 Å². The van der Waals surface area contributed by atoms with Crippen molar-refractivity contribution in [2.24, 2.45) is 7.05 Å². The van der Waals surface area contributed by atoms with Gasteiger partial charge in [0.2, 0.25) is 0 Å². The molecule has 0 unspecified atom stereocenters. The van der Waals surface area contributed by atoms with Crippen molar-refractivity contribution >= 4 is 16.9 Å². The second-order valence-electron chi connectivity index (χ2n) is 4.56. The number of para-hydroxylation sites is 1. The maximum Gasteiger partial charge on any atom is 0.314 e. The van der Waals surface area contributed by atoms with Gasteiger partial charge in [0.15, 0.2) is 0 Å². The molecule has 0 amide bonds. The molecule has 1 aromatic carbocycles. The molecular formula is C13H13NO2. The highest BCUT2D eigenvalue weighted by Crippen LogP contribution is 2.50. The summed E-state index contributed by atoms with van der Waals surface area (Å²) < 4.78 is 2.01. The van der Waals surface area contributed by atoms with Gasteiger partial charge in [-0.1, -0.05) is 18.2 Å². The molecule has 3 nitrogen and oxygen atoms in total. The van der Waals surface area contributed by atoms with Gasteiger partial charge in [0, 0.05) is 24.1 Å². The largest absolute Gasteiger partial charge is 0.481 e. The van der Waals surface area contributed by atoms with E-state index in [0.717, 1.165) is 29.3 Å². The maximum absolute atomic E-state index is 11.3. The second kappa shape index (κ2) is 2.88. The predicted molar refractivity (Wildman–Crippen MR) is 61.5 cm³/mol. The molecule has 16 heavy (non-hydrogen) atoms. The predicted octanol–water partition coefficient (Wildman–Crippen LogP) is 2.29. The quantitative estimate of drug-likeness (QED) is 0.835. The Morgan fingerprint density at radius 2 is 2.06 bits per heavy atom. The van der Waals surface area contributed by atoms with E-state index in [1.54, 1.807) is 0 Å². The van der Waals surface area contributed by atoms with Crippen molar-refractivity contribution in [1.29, 1.82) is 0 Å². The third kappa shape index (κ3) is 1.06. The van der Waals surface area contributed by atoms with Crippen LogP contribution in [0.3, 0.4) is 0 Å². The van der Waals surface area contributed by atoms with Crippen LogP contribution in [0.25, 0.3) is 10.9 Å². The lowest BCUT2D eigenvalue weighted by Crippen LogP contribution is -2.19. The van der Waals surface area contributed by atoms with E-state index in [1.165, 1.54) is 0 Å². The number of aromatic nitrogens is 1. The summed E-state index contributed by atoms with van der Waals surface area (Å²) in [5.74, 6) is -0.691. The molecule has 0 bridgehead atoms. The summed E-state index contributed by atoms with van der Waals surface area (Å²) in [5, 5.41) is 10.4. The van der Waals surface area contributed by atoms with Gasteiger partial charge in [-0.25, -0.2) is 0 Å². The van der Waals surface area contributed by atoms with Crippen molar-refractivity contribution in [2.45, 2.75) is 18.3 Å². The fraction of sp³-hybridized carbons (Fsp3) is 0.308. The molecule has 1 N–H and O–H groups in total. The van der Waals surface area contributed by atoms with E-state index < -0.39 is 11.4 Å². The van der Waals surface area contributed by atoms with Crippen molar-refractivity contribution in [2.75, 3.05) is 0 Å². The van der Waals surface area contributed by atoms with Crippen molar-refractivity contribution in [3.8, 4) is 0 Å². The Morgan fingerprint density at radius 3 is 2.69 bits per heavy atom. The Morgan fingerprint density at radius 1 is 1.38 bits per heavy atom. The van der Waals surface area contributed by atoms with E-state index in [1.807, 2.05) is 42.1 Å². The van der Waals surface area contributed by atoms with Gasteiger partial charge < -0.3 is 9.67 Å². The topological polar surface area (TPSA) is 42.2 Å². The van der Waals surface area contributed by atoms with E-state index in [-0.39, 0.29) is 0 Å². The number of carbonyl (C=O) groups is 1. The lowest BCUT2D eigenvalue weighted by atomic mass is 9.96. The zero-order valence-corrected chi connectivity index (χ0v) is 9.10. The molecule has 0 spiro atoms. The number of rotatable bonds is 2. The number of nitrogens with zero attached hydrogens (tertiary/aromatic N) is 1. The molecule has 2 aromatic rings. The summed E-state index contributed by atoms with van der Waals surface area (Å²) >= 11 is 0. The standard InChI is InChI=1S/C13H13NO2/c1-14-8-10(13(6-7-13)12(15)16)9-4-2-3-5-11(9)14/h2-5,8H,6-7H2,1H3,(H,15,16). The minimum absolute atomic E-state index is 0.610. The Kier molecular flexibility index (Phi) is 1.70. The van der Waals surface area contributed by atoms with Crippen LogP contribution < -0.4 is 0 Å². The average molecular weight is 215 g/mol. The fourth-order valence-electron chi connectivity index (χ4n) is 2.45. The smallest absolute Gasteiger partial charge is 0.314 e. The molecule has 3 heteroatoms. The van der Waals surface area contributed by atoms with E-state index in [2.05, 4.69) is 0 Å². The zero-order valence-electron chi connectivity index (χ0n) is 9.10. The van der Waals surface area contributed by atoms with Gasteiger partial charge in [0.05, 0.1) is 5.41 Å². The van der Waals surface area contributed by atoms with Crippen LogP contribution in [0, 0.1) is 0 Å². The third-order valence-electron chi connectivity index (χ3n) is 3.57. The van der Waals surface area contributed by atoms with Gasteiger partial charge in [0.1, 0.15) is 0 Å². The molecule has 1 aliphatic rings. The Bertz CT molecular complexity index is 579. The average Bonchev–Trinajstić information content (AvgIpc) is 3.01. The summed E-state index contributed by atoms with van der Waals surface area (Å²) in [6, 6.07) is 7.97. The van der Waals surface area contributed by atoms with Crippen LogP contribution in [0.1, 0.15) is 18.4 Å². The van der Waals surface area contributed by atoms with Gasteiger partial charge in [-0.05, 0) is 24.5 Å². The SMILES string of the molecule is Cn1cc(C2(C(=O)O)CC2)c2ccccc21. The first kappa shape index (κ1) is 9.46.